The molecule has 0 bridgehead atoms. The van der Waals surface area contributed by atoms with Crippen molar-refractivity contribution in [2.24, 2.45) is 5.73 Å². The SMILES string of the molecule is CN[C@@H](CC(=O)O)C(=O)N[C@@H](CCCCN(CC(=O)O)CC(=O)O)C(=O)N[C@@H](CCCCNC(=O)COCCOCCNC(=O)CCCCCCCCCCCCCCCCC(=O)O)C(N)=O. The fourth-order valence-electron chi connectivity index (χ4n) is 7.05. The van der Waals surface area contributed by atoms with Crippen molar-refractivity contribution in [2.45, 2.75) is 166 Å². The van der Waals surface area contributed by atoms with Crippen LogP contribution in [-0.2, 0) is 52.6 Å². The molecule has 11 N–H and O–H groups in total. The molecule has 0 aliphatic heterocycles. The third-order valence-electron chi connectivity index (χ3n) is 10.7. The van der Waals surface area contributed by atoms with Gasteiger partial charge >= 0.3 is 23.9 Å². The summed E-state index contributed by atoms with van der Waals surface area (Å²) >= 11 is 0. The molecule has 22 heteroatoms. The lowest BCUT2D eigenvalue weighted by Gasteiger charge is -2.24. The van der Waals surface area contributed by atoms with Crippen LogP contribution in [0.15, 0.2) is 0 Å². The Morgan fingerprint density at radius 2 is 0.970 bits per heavy atom. The van der Waals surface area contributed by atoms with Crippen molar-refractivity contribution in [1.29, 1.82) is 0 Å². The first-order valence-electron chi connectivity index (χ1n) is 23.9. The number of hydrogen-bond acceptors (Lipinski definition) is 13. The summed E-state index contributed by atoms with van der Waals surface area (Å²) in [6, 6.07) is -3.56. The van der Waals surface area contributed by atoms with Gasteiger partial charge in [-0.1, -0.05) is 77.0 Å². The molecule has 0 unspecified atom stereocenters. The number of ether oxygens (including phenoxy) is 2. The number of rotatable bonds is 47. The zero-order valence-corrected chi connectivity index (χ0v) is 39.7. The van der Waals surface area contributed by atoms with E-state index >= 15 is 0 Å². The first-order chi connectivity index (χ1) is 32.0. The van der Waals surface area contributed by atoms with E-state index in [0.29, 0.717) is 32.4 Å². The van der Waals surface area contributed by atoms with Gasteiger partial charge in [-0.2, -0.15) is 0 Å². The van der Waals surface area contributed by atoms with Crippen molar-refractivity contribution in [2.75, 3.05) is 66.2 Å². The Morgan fingerprint density at radius 1 is 0.493 bits per heavy atom. The summed E-state index contributed by atoms with van der Waals surface area (Å²) in [7, 11) is 1.37. The molecule has 3 atom stereocenters. The molecule has 0 spiro atoms. The van der Waals surface area contributed by atoms with Gasteiger partial charge in [-0.3, -0.25) is 48.1 Å². The van der Waals surface area contributed by atoms with Crippen LogP contribution in [0, 0.1) is 0 Å². The zero-order chi connectivity index (χ0) is 50.1. The van der Waals surface area contributed by atoms with E-state index in [2.05, 4.69) is 26.6 Å². The summed E-state index contributed by atoms with van der Waals surface area (Å²) in [5.41, 5.74) is 5.55. The van der Waals surface area contributed by atoms with Gasteiger partial charge in [-0.15, -0.1) is 0 Å². The van der Waals surface area contributed by atoms with Crippen LogP contribution in [-0.4, -0.2) is 163 Å². The number of primary amides is 1. The number of carboxylic acids is 4. The third-order valence-corrected chi connectivity index (χ3v) is 10.7. The predicted molar refractivity (Wildman–Crippen MR) is 247 cm³/mol. The van der Waals surface area contributed by atoms with Crippen LogP contribution in [0.25, 0.3) is 0 Å². The highest BCUT2D eigenvalue weighted by molar-refractivity contribution is 5.93. The first-order valence-corrected chi connectivity index (χ1v) is 23.9. The molecule has 0 aromatic rings. The second-order valence-corrected chi connectivity index (χ2v) is 16.7. The smallest absolute Gasteiger partial charge is 0.317 e. The molecule has 0 aromatic heterocycles. The van der Waals surface area contributed by atoms with Gasteiger partial charge in [0, 0.05) is 25.9 Å². The number of hydrogen-bond donors (Lipinski definition) is 10. The Hall–Kier alpha value is -4.93. The molecule has 22 nitrogen and oxygen atoms in total. The van der Waals surface area contributed by atoms with Gasteiger partial charge in [-0.05, 0) is 65.0 Å². The average molecular weight is 960 g/mol. The summed E-state index contributed by atoms with van der Waals surface area (Å²) in [6.45, 7) is 0.168. The van der Waals surface area contributed by atoms with Crippen molar-refractivity contribution in [1.82, 2.24) is 31.5 Å². The molecule has 0 fully saturated rings. The van der Waals surface area contributed by atoms with E-state index in [1.54, 1.807) is 0 Å². The molecular formula is C45H81N7O15. The summed E-state index contributed by atoms with van der Waals surface area (Å²) in [5, 5.41) is 49.1. The Kier molecular flexibility index (Phi) is 38.2. The van der Waals surface area contributed by atoms with Crippen LogP contribution in [0.1, 0.15) is 148 Å². The molecule has 0 aliphatic carbocycles. The maximum absolute atomic E-state index is 13.3. The summed E-state index contributed by atoms with van der Waals surface area (Å²) in [4.78, 5) is 108. The molecule has 5 amide bonds. The molecule has 0 saturated carbocycles. The average Bonchev–Trinajstić information content (AvgIpc) is 3.25. The Labute approximate surface area is 395 Å². The quantitative estimate of drug-likeness (QED) is 0.0390. The number of carbonyl (C=O) groups is 9. The number of amides is 5. The Balaban J connectivity index is 4.27. The van der Waals surface area contributed by atoms with Crippen LogP contribution < -0.4 is 32.3 Å². The van der Waals surface area contributed by atoms with Gasteiger partial charge in [0.2, 0.25) is 29.5 Å². The Bertz CT molecular complexity index is 1440. The van der Waals surface area contributed by atoms with E-state index in [1.807, 2.05) is 0 Å². The standard InChI is InChI=1S/C45H81N7O15/c1-47-36(30-40(57)58)45(65)51-35(21-17-19-26-52(31-41(59)60)32-42(61)62)44(64)50-34(43(46)63)20-16-18-24-48-38(54)33-67-29-28-66-27-25-49-37(53)22-14-12-10-8-6-4-2-3-5-7-9-11-13-15-23-39(55)56/h34-36,47H,2-33H2,1H3,(H2,46,63)(H,48,54)(H,49,53)(H,50,64)(H,51,65)(H,55,56)(H,57,58)(H,59,60)(H,61,62)/t34-,35-,36-/m0/s1. The normalized spacial score (nSPS) is 12.4. The van der Waals surface area contributed by atoms with Gasteiger partial charge in [0.05, 0.1) is 45.4 Å². The van der Waals surface area contributed by atoms with E-state index in [9.17, 15) is 43.2 Å². The molecule has 67 heavy (non-hydrogen) atoms. The monoisotopic (exact) mass is 960 g/mol. The Morgan fingerprint density at radius 3 is 1.49 bits per heavy atom. The first kappa shape index (κ1) is 62.1. The van der Waals surface area contributed by atoms with Gasteiger partial charge in [-0.25, -0.2) is 0 Å². The van der Waals surface area contributed by atoms with Crippen molar-refractivity contribution >= 4 is 53.4 Å². The fourth-order valence-corrected chi connectivity index (χ4v) is 7.05. The number of likely N-dealkylation sites (N-methyl/N-ethyl adjacent to an activating group) is 1. The number of aliphatic carboxylic acids is 4. The molecule has 0 radical (unpaired) electrons. The van der Waals surface area contributed by atoms with Gasteiger partial charge < -0.3 is 62.2 Å². The lowest BCUT2D eigenvalue weighted by Crippen LogP contribution is -2.55. The molecule has 0 saturated heterocycles. The number of nitrogens with zero attached hydrogens (tertiary/aromatic N) is 1. The number of unbranched alkanes of at least 4 members (excludes halogenated alkanes) is 15. The summed E-state index contributed by atoms with van der Waals surface area (Å²) in [5.74, 6) is -7.18. The van der Waals surface area contributed by atoms with E-state index in [0.717, 1.165) is 38.5 Å². The number of nitrogens with two attached hydrogens (primary N) is 1. The minimum absolute atomic E-state index is 0.00792. The molecule has 0 rings (SSSR count). The van der Waals surface area contributed by atoms with Crippen LogP contribution in [0.5, 0.6) is 0 Å². The van der Waals surface area contributed by atoms with Crippen LogP contribution in [0.2, 0.25) is 0 Å². The second kappa shape index (κ2) is 41.3. The van der Waals surface area contributed by atoms with E-state index in [1.165, 1.54) is 63.3 Å². The lowest BCUT2D eigenvalue weighted by molar-refractivity contribution is -0.142. The van der Waals surface area contributed by atoms with E-state index in [-0.39, 0.29) is 76.8 Å². The molecule has 386 valence electrons. The highest BCUT2D eigenvalue weighted by atomic mass is 16.5. The fraction of sp³-hybridized carbons (Fsp3) is 0.800. The van der Waals surface area contributed by atoms with E-state index in [4.69, 9.17) is 35.6 Å². The van der Waals surface area contributed by atoms with Crippen molar-refractivity contribution in [3.05, 3.63) is 0 Å². The second-order valence-electron chi connectivity index (χ2n) is 16.7. The van der Waals surface area contributed by atoms with Gasteiger partial charge in [0.15, 0.2) is 0 Å². The van der Waals surface area contributed by atoms with Crippen molar-refractivity contribution in [3.8, 4) is 0 Å². The van der Waals surface area contributed by atoms with Crippen LogP contribution >= 0.6 is 0 Å². The van der Waals surface area contributed by atoms with Gasteiger partial charge in [0.1, 0.15) is 18.7 Å². The van der Waals surface area contributed by atoms with Gasteiger partial charge in [0.25, 0.3) is 0 Å². The summed E-state index contributed by atoms with van der Waals surface area (Å²) in [6.07, 6.45) is 17.3. The van der Waals surface area contributed by atoms with Crippen molar-refractivity contribution in [3.63, 3.8) is 0 Å². The maximum Gasteiger partial charge on any atom is 0.317 e. The molecule has 0 heterocycles. The largest absolute Gasteiger partial charge is 0.481 e. The topological polar surface area (TPSA) is 342 Å². The minimum atomic E-state index is -1.26. The molecule has 0 aliphatic rings. The maximum atomic E-state index is 13.3. The third kappa shape index (κ3) is 38.8. The van der Waals surface area contributed by atoms with Crippen LogP contribution in [0.3, 0.4) is 0 Å². The minimum Gasteiger partial charge on any atom is -0.481 e. The summed E-state index contributed by atoms with van der Waals surface area (Å²) < 4.78 is 10.8. The number of carbonyl (C=O) groups excluding carboxylic acids is 5. The molecular weight excluding hydrogens is 879 g/mol. The number of carboxylic acid groups (broad SMARTS) is 4. The number of nitrogens with one attached hydrogen (secondary N) is 5. The van der Waals surface area contributed by atoms with Crippen LogP contribution in [0.4, 0.5) is 0 Å². The lowest BCUT2D eigenvalue weighted by atomic mass is 10.0. The predicted octanol–water partition coefficient (Wildman–Crippen LogP) is 1.91. The molecule has 0 aromatic carbocycles. The highest BCUT2D eigenvalue weighted by Crippen LogP contribution is 2.14. The van der Waals surface area contributed by atoms with E-state index < -0.39 is 79.2 Å². The highest BCUT2D eigenvalue weighted by Gasteiger charge is 2.29. The zero-order valence-electron chi connectivity index (χ0n) is 39.7. The van der Waals surface area contributed by atoms with Crippen molar-refractivity contribution < 1.29 is 73.1 Å².